The summed E-state index contributed by atoms with van der Waals surface area (Å²) in [6, 6.07) is -0.492. The molecular formula is C8H16N2O5S. The van der Waals surface area contributed by atoms with Crippen LogP contribution in [0.15, 0.2) is 0 Å². The van der Waals surface area contributed by atoms with Crippen LogP contribution in [0.25, 0.3) is 0 Å². The lowest BCUT2D eigenvalue weighted by Crippen LogP contribution is -2.38. The Balaban J connectivity index is 3.49. The maximum Gasteiger partial charge on any atom is 0.314 e. The third-order valence-corrected chi connectivity index (χ3v) is 2.56. The average Bonchev–Trinajstić information content (AvgIpc) is 2.10. The molecule has 8 heteroatoms. The van der Waals surface area contributed by atoms with Gasteiger partial charge in [-0.05, 0) is 6.42 Å². The van der Waals surface area contributed by atoms with Crippen LogP contribution in [0.3, 0.4) is 0 Å². The van der Waals surface area contributed by atoms with Crippen LogP contribution < -0.4 is 10.6 Å². The number of carboxylic acid groups (broad SMARTS) is 1. The minimum absolute atomic E-state index is 0.0103. The van der Waals surface area contributed by atoms with E-state index in [9.17, 15) is 18.0 Å². The molecule has 0 spiro atoms. The van der Waals surface area contributed by atoms with Crippen LogP contribution in [0.2, 0.25) is 0 Å². The zero-order valence-corrected chi connectivity index (χ0v) is 9.84. The molecule has 0 aliphatic rings. The van der Waals surface area contributed by atoms with Crippen LogP contribution in [0.4, 0.5) is 4.79 Å². The number of hydrogen-bond donors (Lipinski definition) is 3. The lowest BCUT2D eigenvalue weighted by molar-refractivity contribution is -0.137. The zero-order valence-electron chi connectivity index (χ0n) is 9.02. The Labute approximate surface area is 94.1 Å². The zero-order chi connectivity index (χ0) is 12.6. The van der Waals surface area contributed by atoms with E-state index in [0.29, 0.717) is 6.42 Å². The normalized spacial score (nSPS) is 10.8. The molecule has 0 aliphatic carbocycles. The Hall–Kier alpha value is -1.31. The summed E-state index contributed by atoms with van der Waals surface area (Å²) < 4.78 is 21.4. The molecule has 0 aromatic carbocycles. The van der Waals surface area contributed by atoms with Gasteiger partial charge in [0.2, 0.25) is 0 Å². The molecule has 0 unspecified atom stereocenters. The number of rotatable bonds is 7. The summed E-state index contributed by atoms with van der Waals surface area (Å²) in [5, 5.41) is 13.1. The van der Waals surface area contributed by atoms with Crippen molar-refractivity contribution in [2.75, 3.05) is 25.1 Å². The van der Waals surface area contributed by atoms with E-state index in [-0.39, 0.29) is 25.3 Å². The number of carbonyl (C=O) groups excluding carboxylic acids is 1. The minimum atomic E-state index is -3.08. The maximum atomic E-state index is 11.0. The van der Waals surface area contributed by atoms with E-state index < -0.39 is 21.8 Å². The van der Waals surface area contributed by atoms with Crippen molar-refractivity contribution in [2.24, 2.45) is 0 Å². The second-order valence-corrected chi connectivity index (χ2v) is 5.57. The van der Waals surface area contributed by atoms with Gasteiger partial charge in [0.15, 0.2) is 0 Å². The highest BCUT2D eigenvalue weighted by Gasteiger charge is 2.04. The van der Waals surface area contributed by atoms with E-state index in [2.05, 4.69) is 10.6 Å². The Morgan fingerprint density at radius 3 is 2.25 bits per heavy atom. The van der Waals surface area contributed by atoms with Crippen molar-refractivity contribution in [2.45, 2.75) is 12.8 Å². The molecule has 0 rings (SSSR count). The predicted octanol–water partition coefficient (Wildman–Crippen LogP) is -0.805. The fourth-order valence-electron chi connectivity index (χ4n) is 0.854. The van der Waals surface area contributed by atoms with Crippen molar-refractivity contribution in [3.05, 3.63) is 0 Å². The second kappa shape index (κ2) is 7.04. The lowest BCUT2D eigenvalue weighted by atomic mass is 10.3. The summed E-state index contributed by atoms with van der Waals surface area (Å²) in [6.45, 7) is 0.292. The van der Waals surface area contributed by atoms with Gasteiger partial charge in [-0.1, -0.05) is 0 Å². The van der Waals surface area contributed by atoms with Crippen molar-refractivity contribution in [3.8, 4) is 0 Å². The van der Waals surface area contributed by atoms with Crippen LogP contribution in [-0.2, 0) is 14.6 Å². The fraction of sp³-hybridized carbons (Fsp3) is 0.750. The molecule has 0 atom stereocenters. The first-order chi connectivity index (χ1) is 7.31. The van der Waals surface area contributed by atoms with Crippen molar-refractivity contribution in [3.63, 3.8) is 0 Å². The van der Waals surface area contributed by atoms with Gasteiger partial charge in [-0.2, -0.15) is 0 Å². The van der Waals surface area contributed by atoms with Gasteiger partial charge in [0, 0.05) is 25.8 Å². The van der Waals surface area contributed by atoms with Gasteiger partial charge in [-0.25, -0.2) is 13.2 Å². The maximum absolute atomic E-state index is 11.0. The number of nitrogens with one attached hydrogen (secondary N) is 2. The molecule has 0 aromatic heterocycles. The summed E-state index contributed by atoms with van der Waals surface area (Å²) in [7, 11) is -3.08. The molecule has 16 heavy (non-hydrogen) atoms. The van der Waals surface area contributed by atoms with Gasteiger partial charge in [0.05, 0.1) is 5.75 Å². The SMILES string of the molecule is CS(=O)(=O)CCNC(=O)NCCCC(=O)O. The van der Waals surface area contributed by atoms with Crippen molar-refractivity contribution in [1.82, 2.24) is 10.6 Å². The van der Waals surface area contributed by atoms with Crippen LogP contribution in [0, 0.1) is 0 Å². The number of amides is 2. The minimum Gasteiger partial charge on any atom is -0.481 e. The smallest absolute Gasteiger partial charge is 0.314 e. The number of carboxylic acids is 1. The third kappa shape index (κ3) is 10.8. The van der Waals surface area contributed by atoms with Gasteiger partial charge in [0.1, 0.15) is 9.84 Å². The number of carbonyl (C=O) groups is 2. The molecule has 2 amide bonds. The van der Waals surface area contributed by atoms with E-state index in [1.165, 1.54) is 0 Å². The predicted molar refractivity (Wildman–Crippen MR) is 58.0 cm³/mol. The molecule has 0 radical (unpaired) electrons. The number of hydrogen-bond acceptors (Lipinski definition) is 4. The summed E-state index contributed by atoms with van der Waals surface area (Å²) in [6.07, 6.45) is 1.41. The van der Waals surface area contributed by atoms with Gasteiger partial charge < -0.3 is 15.7 Å². The molecule has 0 aliphatic heterocycles. The highest BCUT2D eigenvalue weighted by molar-refractivity contribution is 7.90. The first-order valence-corrected chi connectivity index (χ1v) is 6.78. The number of sulfone groups is 1. The van der Waals surface area contributed by atoms with Gasteiger partial charge in [-0.15, -0.1) is 0 Å². The van der Waals surface area contributed by atoms with E-state index >= 15 is 0 Å². The monoisotopic (exact) mass is 252 g/mol. The summed E-state index contributed by atoms with van der Waals surface area (Å²) in [5.41, 5.74) is 0. The van der Waals surface area contributed by atoms with Gasteiger partial charge in [0.25, 0.3) is 0 Å². The summed E-state index contributed by atoms with van der Waals surface area (Å²) in [5.74, 6) is -1.03. The molecule has 0 heterocycles. The number of urea groups is 1. The number of aliphatic carboxylic acids is 1. The highest BCUT2D eigenvalue weighted by Crippen LogP contribution is 1.85. The van der Waals surface area contributed by atoms with E-state index in [0.717, 1.165) is 6.26 Å². The first-order valence-electron chi connectivity index (χ1n) is 4.72. The second-order valence-electron chi connectivity index (χ2n) is 3.31. The topological polar surface area (TPSA) is 113 Å². The van der Waals surface area contributed by atoms with Crippen LogP contribution in [-0.4, -0.2) is 50.6 Å². The van der Waals surface area contributed by atoms with Crippen molar-refractivity contribution < 1.29 is 23.1 Å². The van der Waals surface area contributed by atoms with E-state index in [1.807, 2.05) is 0 Å². The summed E-state index contributed by atoms with van der Waals surface area (Å²) >= 11 is 0. The Morgan fingerprint density at radius 1 is 1.19 bits per heavy atom. The molecule has 0 saturated heterocycles. The van der Waals surface area contributed by atoms with Crippen molar-refractivity contribution >= 4 is 21.8 Å². The largest absolute Gasteiger partial charge is 0.481 e. The molecule has 3 N–H and O–H groups in total. The van der Waals surface area contributed by atoms with Gasteiger partial charge >= 0.3 is 12.0 Å². The summed E-state index contributed by atoms with van der Waals surface area (Å²) in [4.78, 5) is 21.1. The van der Waals surface area contributed by atoms with Gasteiger partial charge in [-0.3, -0.25) is 4.79 Å². The Kier molecular flexibility index (Phi) is 6.47. The van der Waals surface area contributed by atoms with E-state index in [4.69, 9.17) is 5.11 Å². The fourth-order valence-corrected chi connectivity index (χ4v) is 1.33. The molecule has 94 valence electrons. The van der Waals surface area contributed by atoms with Crippen LogP contribution in [0.5, 0.6) is 0 Å². The van der Waals surface area contributed by atoms with Crippen molar-refractivity contribution in [1.29, 1.82) is 0 Å². The molecule has 0 saturated carbocycles. The third-order valence-electron chi connectivity index (χ3n) is 1.61. The highest BCUT2D eigenvalue weighted by atomic mass is 32.2. The van der Waals surface area contributed by atoms with Crippen LogP contribution >= 0.6 is 0 Å². The molecule has 0 fully saturated rings. The molecule has 7 nitrogen and oxygen atoms in total. The standard InChI is InChI=1S/C8H16N2O5S/c1-16(14,15)6-5-10-8(13)9-4-2-3-7(11)12/h2-6H2,1H3,(H,11,12)(H2,9,10,13). The van der Waals surface area contributed by atoms with E-state index in [1.54, 1.807) is 0 Å². The lowest BCUT2D eigenvalue weighted by Gasteiger charge is -2.05. The molecule has 0 bridgehead atoms. The van der Waals surface area contributed by atoms with Crippen LogP contribution in [0.1, 0.15) is 12.8 Å². The Morgan fingerprint density at radius 2 is 1.75 bits per heavy atom. The Bertz CT molecular complexity index is 338. The molecule has 0 aromatic rings. The molecular weight excluding hydrogens is 236 g/mol. The quantitative estimate of drug-likeness (QED) is 0.513. The average molecular weight is 252 g/mol. The first kappa shape index (κ1) is 14.7.